The zero-order valence-electron chi connectivity index (χ0n) is 13.8. The molecule has 0 atom stereocenters. The summed E-state index contributed by atoms with van der Waals surface area (Å²) in [7, 11) is 3.36. The van der Waals surface area contributed by atoms with Gasteiger partial charge in [-0.15, -0.1) is 11.3 Å². The van der Waals surface area contributed by atoms with Gasteiger partial charge in [-0.25, -0.2) is 4.98 Å². The SMILES string of the molecule is COc1cccc(N(C)C(=O)c2cnc(-c3cccc(C)c3)s2)c1. The number of anilines is 1. The number of methoxy groups -OCH3 is 1. The number of hydrogen-bond acceptors (Lipinski definition) is 4. The third-order valence-electron chi connectivity index (χ3n) is 3.73. The van der Waals surface area contributed by atoms with Crippen LogP contribution in [0.25, 0.3) is 10.6 Å². The first kappa shape index (κ1) is 16.2. The van der Waals surface area contributed by atoms with Crippen LogP contribution in [0.4, 0.5) is 5.69 Å². The van der Waals surface area contributed by atoms with Gasteiger partial charge in [0.05, 0.1) is 13.3 Å². The highest BCUT2D eigenvalue weighted by molar-refractivity contribution is 7.17. The van der Waals surface area contributed by atoms with Gasteiger partial charge in [0.2, 0.25) is 0 Å². The number of ether oxygens (including phenoxy) is 1. The van der Waals surface area contributed by atoms with Crippen molar-refractivity contribution in [3.8, 4) is 16.3 Å². The van der Waals surface area contributed by atoms with Gasteiger partial charge in [-0.1, -0.05) is 29.8 Å². The summed E-state index contributed by atoms with van der Waals surface area (Å²) in [5, 5.41) is 0.848. The van der Waals surface area contributed by atoms with Gasteiger partial charge in [-0.2, -0.15) is 0 Å². The number of carbonyl (C=O) groups is 1. The molecule has 0 unspecified atom stereocenters. The van der Waals surface area contributed by atoms with Gasteiger partial charge in [0.1, 0.15) is 15.6 Å². The summed E-state index contributed by atoms with van der Waals surface area (Å²) in [6, 6.07) is 15.5. The van der Waals surface area contributed by atoms with E-state index in [1.807, 2.05) is 49.4 Å². The molecule has 3 aromatic rings. The largest absolute Gasteiger partial charge is 0.497 e. The Bertz CT molecular complexity index is 873. The van der Waals surface area contributed by atoms with E-state index in [9.17, 15) is 4.79 Å². The van der Waals surface area contributed by atoms with E-state index in [4.69, 9.17) is 4.74 Å². The molecular weight excluding hydrogens is 320 g/mol. The lowest BCUT2D eigenvalue weighted by Crippen LogP contribution is -2.25. The quantitative estimate of drug-likeness (QED) is 0.708. The standard InChI is InChI=1S/C19H18N2O2S/c1-13-6-4-7-14(10-13)18-20-12-17(24-18)19(22)21(2)15-8-5-9-16(11-15)23-3/h4-12H,1-3H3. The van der Waals surface area contributed by atoms with E-state index in [0.29, 0.717) is 4.88 Å². The van der Waals surface area contributed by atoms with Crippen molar-refractivity contribution >= 4 is 22.9 Å². The first-order chi connectivity index (χ1) is 11.6. The Morgan fingerprint density at radius 2 is 1.96 bits per heavy atom. The monoisotopic (exact) mass is 338 g/mol. The van der Waals surface area contributed by atoms with Gasteiger partial charge in [-0.3, -0.25) is 4.79 Å². The molecule has 0 N–H and O–H groups in total. The molecule has 1 aromatic heterocycles. The zero-order chi connectivity index (χ0) is 17.1. The molecule has 0 aliphatic rings. The minimum Gasteiger partial charge on any atom is -0.497 e. The molecule has 0 spiro atoms. The first-order valence-electron chi connectivity index (χ1n) is 7.53. The van der Waals surface area contributed by atoms with Crippen LogP contribution in [-0.2, 0) is 0 Å². The molecule has 0 bridgehead atoms. The molecule has 3 rings (SSSR count). The number of benzene rings is 2. The van der Waals surface area contributed by atoms with Gasteiger partial charge in [-0.05, 0) is 25.1 Å². The summed E-state index contributed by atoms with van der Waals surface area (Å²) in [5.74, 6) is 0.636. The van der Waals surface area contributed by atoms with Crippen LogP contribution in [0.5, 0.6) is 5.75 Å². The number of nitrogens with zero attached hydrogens (tertiary/aromatic N) is 2. The van der Waals surface area contributed by atoms with Crippen molar-refractivity contribution in [1.82, 2.24) is 4.98 Å². The van der Waals surface area contributed by atoms with Gasteiger partial charge in [0.25, 0.3) is 5.91 Å². The second-order valence-electron chi connectivity index (χ2n) is 5.46. The van der Waals surface area contributed by atoms with Crippen molar-refractivity contribution < 1.29 is 9.53 Å². The van der Waals surface area contributed by atoms with Crippen molar-refractivity contribution in [2.24, 2.45) is 0 Å². The number of aromatic nitrogens is 1. The Labute approximate surface area is 145 Å². The van der Waals surface area contributed by atoms with Crippen LogP contribution in [0.2, 0.25) is 0 Å². The fourth-order valence-corrected chi connectivity index (χ4v) is 3.27. The molecule has 4 nitrogen and oxygen atoms in total. The van der Waals surface area contributed by atoms with E-state index in [1.165, 1.54) is 16.9 Å². The Morgan fingerprint density at radius 3 is 2.71 bits per heavy atom. The van der Waals surface area contributed by atoms with E-state index in [0.717, 1.165) is 22.0 Å². The maximum atomic E-state index is 12.7. The Balaban J connectivity index is 1.85. The number of carbonyl (C=O) groups excluding carboxylic acids is 1. The molecule has 0 aliphatic heterocycles. The number of rotatable bonds is 4. The molecule has 122 valence electrons. The third-order valence-corrected chi connectivity index (χ3v) is 4.76. The van der Waals surface area contributed by atoms with Crippen LogP contribution < -0.4 is 9.64 Å². The van der Waals surface area contributed by atoms with Crippen LogP contribution in [0.1, 0.15) is 15.2 Å². The van der Waals surface area contributed by atoms with E-state index in [-0.39, 0.29) is 5.91 Å². The minimum atomic E-state index is -0.0837. The van der Waals surface area contributed by atoms with E-state index >= 15 is 0 Å². The lowest BCUT2D eigenvalue weighted by Gasteiger charge is -2.16. The number of aryl methyl sites for hydroxylation is 1. The highest BCUT2D eigenvalue weighted by atomic mass is 32.1. The maximum absolute atomic E-state index is 12.7. The molecule has 0 saturated carbocycles. The van der Waals surface area contributed by atoms with E-state index in [2.05, 4.69) is 11.1 Å². The average Bonchev–Trinajstić information content (AvgIpc) is 3.10. The Kier molecular flexibility index (Phi) is 4.62. The molecule has 1 amide bonds. The molecule has 1 heterocycles. The second-order valence-corrected chi connectivity index (χ2v) is 6.50. The van der Waals surface area contributed by atoms with Crippen LogP contribution in [-0.4, -0.2) is 25.0 Å². The molecule has 0 fully saturated rings. The third kappa shape index (κ3) is 3.31. The van der Waals surface area contributed by atoms with Gasteiger partial charge >= 0.3 is 0 Å². The molecule has 5 heteroatoms. The Hall–Kier alpha value is -2.66. The summed E-state index contributed by atoms with van der Waals surface area (Å²) in [5.41, 5.74) is 2.98. The molecular formula is C19H18N2O2S. The normalized spacial score (nSPS) is 10.5. The van der Waals surface area contributed by atoms with Crippen molar-refractivity contribution in [3.63, 3.8) is 0 Å². The van der Waals surface area contributed by atoms with E-state index < -0.39 is 0 Å². The van der Waals surface area contributed by atoms with E-state index in [1.54, 1.807) is 25.3 Å². The molecule has 24 heavy (non-hydrogen) atoms. The van der Waals surface area contributed by atoms with Crippen LogP contribution in [0.3, 0.4) is 0 Å². The fourth-order valence-electron chi connectivity index (χ4n) is 2.39. The first-order valence-corrected chi connectivity index (χ1v) is 8.35. The van der Waals surface area contributed by atoms with Crippen LogP contribution >= 0.6 is 11.3 Å². The summed E-state index contributed by atoms with van der Waals surface area (Å²) in [4.78, 5) is 19.3. The molecule has 2 aromatic carbocycles. The van der Waals surface area contributed by atoms with Crippen molar-refractivity contribution in [2.75, 3.05) is 19.1 Å². The van der Waals surface area contributed by atoms with Crippen LogP contribution in [0, 0.1) is 6.92 Å². The predicted octanol–water partition coefficient (Wildman–Crippen LogP) is 4.40. The Morgan fingerprint density at radius 1 is 1.17 bits per heavy atom. The van der Waals surface area contributed by atoms with Crippen molar-refractivity contribution in [1.29, 1.82) is 0 Å². The second kappa shape index (κ2) is 6.84. The average molecular weight is 338 g/mol. The summed E-state index contributed by atoms with van der Waals surface area (Å²) in [6.07, 6.45) is 1.64. The van der Waals surface area contributed by atoms with Gasteiger partial charge < -0.3 is 9.64 Å². The maximum Gasteiger partial charge on any atom is 0.269 e. The summed E-state index contributed by atoms with van der Waals surface area (Å²) >= 11 is 1.40. The predicted molar refractivity (Wildman–Crippen MR) is 98.0 cm³/mol. The summed E-state index contributed by atoms with van der Waals surface area (Å²) < 4.78 is 5.22. The molecule has 0 saturated heterocycles. The lowest BCUT2D eigenvalue weighted by molar-refractivity contribution is 0.0996. The van der Waals surface area contributed by atoms with Crippen molar-refractivity contribution in [2.45, 2.75) is 6.92 Å². The topological polar surface area (TPSA) is 42.4 Å². The van der Waals surface area contributed by atoms with Crippen LogP contribution in [0.15, 0.2) is 54.7 Å². The highest BCUT2D eigenvalue weighted by Crippen LogP contribution is 2.28. The number of amides is 1. The van der Waals surface area contributed by atoms with Gasteiger partial charge in [0.15, 0.2) is 0 Å². The smallest absolute Gasteiger partial charge is 0.269 e. The zero-order valence-corrected chi connectivity index (χ0v) is 14.6. The number of thiazole rings is 1. The molecule has 0 aliphatic carbocycles. The van der Waals surface area contributed by atoms with Gasteiger partial charge in [0, 0.05) is 24.4 Å². The van der Waals surface area contributed by atoms with Crippen molar-refractivity contribution in [3.05, 3.63) is 65.2 Å². The summed E-state index contributed by atoms with van der Waals surface area (Å²) in [6.45, 7) is 2.04. The highest BCUT2D eigenvalue weighted by Gasteiger charge is 2.17. The molecule has 0 radical (unpaired) electrons. The lowest BCUT2D eigenvalue weighted by atomic mass is 10.1. The minimum absolute atomic E-state index is 0.0837. The fraction of sp³-hybridized carbons (Fsp3) is 0.158. The number of hydrogen-bond donors (Lipinski definition) is 0.